The van der Waals surface area contributed by atoms with Crippen LogP contribution in [0.15, 0.2) is 42.6 Å². The maximum Gasteiger partial charge on any atom is 0.255 e. The summed E-state index contributed by atoms with van der Waals surface area (Å²) in [6.45, 7) is 0. The van der Waals surface area contributed by atoms with E-state index in [0.29, 0.717) is 27.8 Å². The maximum atomic E-state index is 12.5. The first-order valence-electron chi connectivity index (χ1n) is 6.92. The van der Waals surface area contributed by atoms with Gasteiger partial charge in [-0.25, -0.2) is 0 Å². The monoisotopic (exact) mass is 330 g/mol. The Morgan fingerprint density at radius 3 is 2.61 bits per heavy atom. The molecule has 2 aromatic carbocycles. The van der Waals surface area contributed by atoms with Crippen molar-refractivity contribution in [3.8, 4) is 11.5 Å². The highest BCUT2D eigenvalue weighted by Gasteiger charge is 2.14. The molecule has 1 amide bonds. The van der Waals surface area contributed by atoms with Crippen LogP contribution in [0.1, 0.15) is 10.4 Å². The van der Waals surface area contributed by atoms with Crippen LogP contribution in [0.4, 0.5) is 5.69 Å². The van der Waals surface area contributed by atoms with Gasteiger partial charge in [0.1, 0.15) is 11.5 Å². The largest absolute Gasteiger partial charge is 0.495 e. The van der Waals surface area contributed by atoms with Crippen LogP contribution in [0, 0.1) is 0 Å². The van der Waals surface area contributed by atoms with Gasteiger partial charge in [-0.15, -0.1) is 0 Å². The molecule has 1 aromatic heterocycles. The fourth-order valence-corrected chi connectivity index (χ4v) is 2.58. The first kappa shape index (κ1) is 15.2. The molecule has 0 aliphatic heterocycles. The first-order chi connectivity index (χ1) is 11.1. The van der Waals surface area contributed by atoms with Crippen LogP contribution in [0.25, 0.3) is 10.9 Å². The molecular weight excluding hydrogens is 316 g/mol. The van der Waals surface area contributed by atoms with Gasteiger partial charge in [0, 0.05) is 34.8 Å². The second kappa shape index (κ2) is 6.22. The third-order valence-corrected chi connectivity index (χ3v) is 3.83. The molecule has 0 radical (unpaired) electrons. The Morgan fingerprint density at radius 2 is 1.87 bits per heavy atom. The molecule has 0 atom stereocenters. The SMILES string of the molecule is COc1cc(NC(=O)c2ccc3[nH]ccc3c2)c(OC)cc1Cl. The molecule has 0 aliphatic carbocycles. The Morgan fingerprint density at radius 1 is 1.09 bits per heavy atom. The fourth-order valence-electron chi connectivity index (χ4n) is 2.35. The Balaban J connectivity index is 1.92. The molecule has 1 heterocycles. The number of hydrogen-bond donors (Lipinski definition) is 2. The molecule has 0 saturated heterocycles. The third-order valence-electron chi connectivity index (χ3n) is 3.54. The summed E-state index contributed by atoms with van der Waals surface area (Å²) < 4.78 is 10.4. The van der Waals surface area contributed by atoms with Crippen molar-refractivity contribution in [1.29, 1.82) is 0 Å². The Hall–Kier alpha value is -2.66. The van der Waals surface area contributed by atoms with E-state index >= 15 is 0 Å². The van der Waals surface area contributed by atoms with E-state index in [1.54, 1.807) is 18.2 Å². The van der Waals surface area contributed by atoms with E-state index in [0.717, 1.165) is 10.9 Å². The Kier molecular flexibility index (Phi) is 4.12. The number of halogens is 1. The second-order valence-electron chi connectivity index (χ2n) is 4.92. The van der Waals surface area contributed by atoms with Crippen molar-refractivity contribution in [2.75, 3.05) is 19.5 Å². The summed E-state index contributed by atoms with van der Waals surface area (Å²) in [5.41, 5.74) is 2.02. The van der Waals surface area contributed by atoms with E-state index in [4.69, 9.17) is 21.1 Å². The van der Waals surface area contributed by atoms with Crippen molar-refractivity contribution in [1.82, 2.24) is 4.98 Å². The molecule has 0 unspecified atom stereocenters. The topological polar surface area (TPSA) is 63.3 Å². The number of anilines is 1. The van der Waals surface area contributed by atoms with Crippen molar-refractivity contribution in [2.45, 2.75) is 0 Å². The van der Waals surface area contributed by atoms with Gasteiger partial charge < -0.3 is 19.8 Å². The van der Waals surface area contributed by atoms with Crippen molar-refractivity contribution in [3.05, 3.63) is 53.2 Å². The average molecular weight is 331 g/mol. The normalized spacial score (nSPS) is 10.6. The number of H-pyrrole nitrogens is 1. The molecule has 0 bridgehead atoms. The minimum atomic E-state index is -0.240. The van der Waals surface area contributed by atoms with Gasteiger partial charge in [0.25, 0.3) is 5.91 Å². The number of aromatic amines is 1. The van der Waals surface area contributed by atoms with Crippen LogP contribution in [-0.4, -0.2) is 25.1 Å². The van der Waals surface area contributed by atoms with Crippen LogP contribution in [0.3, 0.4) is 0 Å². The van der Waals surface area contributed by atoms with Crippen molar-refractivity contribution in [2.24, 2.45) is 0 Å². The number of carbonyl (C=O) groups excluding carboxylic acids is 1. The minimum absolute atomic E-state index is 0.240. The molecule has 5 nitrogen and oxygen atoms in total. The van der Waals surface area contributed by atoms with E-state index in [1.165, 1.54) is 14.2 Å². The van der Waals surface area contributed by atoms with Gasteiger partial charge in [-0.3, -0.25) is 4.79 Å². The smallest absolute Gasteiger partial charge is 0.255 e. The number of methoxy groups -OCH3 is 2. The summed E-state index contributed by atoms with van der Waals surface area (Å²) in [7, 11) is 3.03. The summed E-state index contributed by atoms with van der Waals surface area (Å²) >= 11 is 6.07. The number of hydrogen-bond acceptors (Lipinski definition) is 3. The lowest BCUT2D eigenvalue weighted by Gasteiger charge is -2.13. The zero-order valence-electron chi connectivity index (χ0n) is 12.6. The zero-order valence-corrected chi connectivity index (χ0v) is 13.4. The standard InChI is InChI=1S/C17H15ClN2O3/c1-22-15-9-14(16(23-2)8-12(15)18)20-17(21)11-3-4-13-10(7-11)5-6-19-13/h3-9,19H,1-2H3,(H,20,21). The number of benzene rings is 2. The van der Waals surface area contributed by atoms with Crippen LogP contribution >= 0.6 is 11.6 Å². The molecule has 118 valence electrons. The third kappa shape index (κ3) is 2.96. The summed E-state index contributed by atoms with van der Waals surface area (Å²) in [6, 6.07) is 10.6. The molecule has 0 saturated carbocycles. The Labute approximate surface area is 138 Å². The lowest BCUT2D eigenvalue weighted by molar-refractivity contribution is 0.102. The number of fused-ring (bicyclic) bond motifs is 1. The summed E-state index contributed by atoms with van der Waals surface area (Å²) in [5.74, 6) is 0.687. The highest BCUT2D eigenvalue weighted by molar-refractivity contribution is 6.32. The van der Waals surface area contributed by atoms with Gasteiger partial charge in [0.05, 0.1) is 24.9 Å². The summed E-state index contributed by atoms with van der Waals surface area (Å²) in [5, 5.41) is 4.21. The molecule has 2 N–H and O–H groups in total. The van der Waals surface area contributed by atoms with Crippen LogP contribution < -0.4 is 14.8 Å². The Bertz CT molecular complexity index is 873. The quantitative estimate of drug-likeness (QED) is 0.757. The number of aromatic nitrogens is 1. The predicted molar refractivity (Wildman–Crippen MR) is 90.8 cm³/mol. The number of amides is 1. The molecule has 3 aromatic rings. The van der Waals surface area contributed by atoms with Crippen LogP contribution in [0.5, 0.6) is 11.5 Å². The fraction of sp³-hybridized carbons (Fsp3) is 0.118. The minimum Gasteiger partial charge on any atom is -0.495 e. The molecule has 23 heavy (non-hydrogen) atoms. The summed E-state index contributed by atoms with van der Waals surface area (Å²) in [4.78, 5) is 15.6. The predicted octanol–water partition coefficient (Wildman–Crippen LogP) is 4.09. The van der Waals surface area contributed by atoms with Gasteiger partial charge in [-0.2, -0.15) is 0 Å². The van der Waals surface area contributed by atoms with Crippen LogP contribution in [0.2, 0.25) is 5.02 Å². The second-order valence-corrected chi connectivity index (χ2v) is 5.33. The lowest BCUT2D eigenvalue weighted by atomic mass is 10.1. The number of ether oxygens (including phenoxy) is 2. The van der Waals surface area contributed by atoms with E-state index < -0.39 is 0 Å². The van der Waals surface area contributed by atoms with Crippen molar-refractivity contribution < 1.29 is 14.3 Å². The first-order valence-corrected chi connectivity index (χ1v) is 7.30. The molecule has 0 fully saturated rings. The van der Waals surface area contributed by atoms with Gasteiger partial charge in [-0.05, 0) is 24.3 Å². The molecule has 0 aliphatic rings. The van der Waals surface area contributed by atoms with E-state index in [9.17, 15) is 4.79 Å². The number of nitrogens with one attached hydrogen (secondary N) is 2. The lowest BCUT2D eigenvalue weighted by Crippen LogP contribution is -2.12. The molecule has 3 rings (SSSR count). The highest BCUT2D eigenvalue weighted by Crippen LogP contribution is 2.36. The zero-order chi connectivity index (χ0) is 16.4. The maximum absolute atomic E-state index is 12.5. The van der Waals surface area contributed by atoms with Crippen molar-refractivity contribution in [3.63, 3.8) is 0 Å². The molecular formula is C17H15ClN2O3. The number of carbonyl (C=O) groups is 1. The van der Waals surface area contributed by atoms with Gasteiger partial charge in [-0.1, -0.05) is 11.6 Å². The van der Waals surface area contributed by atoms with E-state index in [1.807, 2.05) is 24.4 Å². The summed E-state index contributed by atoms with van der Waals surface area (Å²) in [6.07, 6.45) is 1.83. The molecule has 0 spiro atoms. The highest BCUT2D eigenvalue weighted by atomic mass is 35.5. The van der Waals surface area contributed by atoms with Crippen molar-refractivity contribution >= 4 is 34.1 Å². The van der Waals surface area contributed by atoms with Crippen LogP contribution in [-0.2, 0) is 0 Å². The van der Waals surface area contributed by atoms with Gasteiger partial charge in [0.15, 0.2) is 0 Å². The van der Waals surface area contributed by atoms with E-state index in [2.05, 4.69) is 10.3 Å². The average Bonchev–Trinajstić information content (AvgIpc) is 3.03. The van der Waals surface area contributed by atoms with Gasteiger partial charge >= 0.3 is 0 Å². The van der Waals surface area contributed by atoms with E-state index in [-0.39, 0.29) is 5.91 Å². The van der Waals surface area contributed by atoms with Gasteiger partial charge in [0.2, 0.25) is 0 Å². The molecule has 6 heteroatoms. The number of rotatable bonds is 4.